The van der Waals surface area contributed by atoms with Crippen molar-refractivity contribution in [2.45, 2.75) is 25.2 Å². The standard InChI is InChI=1S/C26H31F3N4O4.C7H5F3O/c1-36-15-16-37-23-7-3-2-6-22(23)31-11-13-32(14-12-31)24(34)19-5-4-10-33(18-19)25(35)20-17-30-9-8-21(20)26(27,28)29;8-7(9,10)5-1-3-6(11)4-2-5/h2-3,6-9,17,19H,4-5,10-16,18H2,1H3;1-4,11H. The molecule has 48 heavy (non-hydrogen) atoms. The Morgan fingerprint density at radius 2 is 1.56 bits per heavy atom. The summed E-state index contributed by atoms with van der Waals surface area (Å²) in [5.41, 5.74) is -1.29. The van der Waals surface area contributed by atoms with Crippen LogP contribution in [0.1, 0.15) is 34.3 Å². The first-order valence-electron chi connectivity index (χ1n) is 15.2. The molecule has 15 heteroatoms. The fraction of sp³-hybridized carbons (Fsp3) is 0.424. The summed E-state index contributed by atoms with van der Waals surface area (Å²) >= 11 is 0. The fourth-order valence-electron chi connectivity index (χ4n) is 5.50. The van der Waals surface area contributed by atoms with Gasteiger partial charge in [-0.25, -0.2) is 0 Å². The van der Waals surface area contributed by atoms with Gasteiger partial charge in [-0.2, -0.15) is 26.3 Å². The molecule has 0 aliphatic carbocycles. The Hall–Kier alpha value is -4.53. The molecule has 0 spiro atoms. The first-order valence-corrected chi connectivity index (χ1v) is 15.2. The van der Waals surface area contributed by atoms with Crippen LogP contribution in [0.25, 0.3) is 0 Å². The predicted molar refractivity (Wildman–Crippen MR) is 164 cm³/mol. The van der Waals surface area contributed by atoms with Crippen LogP contribution in [0.2, 0.25) is 0 Å². The van der Waals surface area contributed by atoms with E-state index in [9.17, 15) is 35.9 Å². The number of methoxy groups -OCH3 is 1. The number of carbonyl (C=O) groups excluding carboxylic acids is 2. The summed E-state index contributed by atoms with van der Waals surface area (Å²) in [7, 11) is 1.62. The first-order chi connectivity index (χ1) is 22.8. The third-order valence-corrected chi connectivity index (χ3v) is 7.95. The molecule has 3 heterocycles. The zero-order valence-corrected chi connectivity index (χ0v) is 26.1. The molecule has 5 rings (SSSR count). The number of likely N-dealkylation sites (tertiary alicyclic amines) is 1. The molecule has 0 radical (unpaired) electrons. The lowest BCUT2D eigenvalue weighted by Gasteiger charge is -2.40. The molecule has 260 valence electrons. The van der Waals surface area contributed by atoms with Gasteiger partial charge in [0, 0.05) is 58.8 Å². The molecule has 2 aliphatic heterocycles. The number of nitrogens with zero attached hydrogens (tertiary/aromatic N) is 4. The van der Waals surface area contributed by atoms with Crippen molar-refractivity contribution in [3.63, 3.8) is 0 Å². The van der Waals surface area contributed by atoms with Crippen molar-refractivity contribution >= 4 is 17.5 Å². The molecule has 2 saturated heterocycles. The van der Waals surface area contributed by atoms with Gasteiger partial charge in [0.2, 0.25) is 5.91 Å². The molecule has 2 aliphatic rings. The van der Waals surface area contributed by atoms with Gasteiger partial charge in [0.1, 0.15) is 18.1 Å². The molecule has 9 nitrogen and oxygen atoms in total. The van der Waals surface area contributed by atoms with Crippen LogP contribution in [0.5, 0.6) is 11.5 Å². The van der Waals surface area contributed by atoms with Crippen molar-refractivity contribution in [3.05, 3.63) is 83.7 Å². The number of carbonyl (C=O) groups is 2. The SMILES string of the molecule is COCCOc1ccccc1N1CCN(C(=O)C2CCCN(C(=O)c3cnccc3C(F)(F)F)C2)CC1.Oc1ccc(C(F)(F)F)cc1. The Labute approximate surface area is 273 Å². The van der Waals surface area contributed by atoms with E-state index in [1.165, 1.54) is 4.90 Å². The summed E-state index contributed by atoms with van der Waals surface area (Å²) in [5.74, 6) is -0.663. The van der Waals surface area contributed by atoms with Crippen molar-refractivity contribution in [3.8, 4) is 11.5 Å². The van der Waals surface area contributed by atoms with Crippen molar-refractivity contribution in [2.75, 3.05) is 64.5 Å². The number of para-hydroxylation sites is 2. The number of benzene rings is 2. The van der Waals surface area contributed by atoms with E-state index < -0.39 is 40.9 Å². The highest BCUT2D eigenvalue weighted by molar-refractivity contribution is 5.96. The van der Waals surface area contributed by atoms with Crippen LogP contribution in [-0.4, -0.2) is 91.3 Å². The summed E-state index contributed by atoms with van der Waals surface area (Å²) in [6, 6.07) is 12.2. The maximum Gasteiger partial charge on any atom is 0.417 e. The number of phenols is 1. The molecule has 2 amide bonds. The van der Waals surface area contributed by atoms with Crippen LogP contribution >= 0.6 is 0 Å². The lowest BCUT2D eigenvalue weighted by molar-refractivity contribution is -0.139. The molecule has 2 fully saturated rings. The quantitative estimate of drug-likeness (QED) is 0.251. The lowest BCUT2D eigenvalue weighted by Crippen LogP contribution is -2.53. The van der Waals surface area contributed by atoms with E-state index in [1.54, 1.807) is 12.0 Å². The summed E-state index contributed by atoms with van der Waals surface area (Å²) in [6.45, 7) is 3.59. The Bertz CT molecular complexity index is 1510. The van der Waals surface area contributed by atoms with Crippen LogP contribution in [-0.2, 0) is 21.9 Å². The third-order valence-electron chi connectivity index (χ3n) is 7.95. The van der Waals surface area contributed by atoms with Crippen LogP contribution in [0.15, 0.2) is 67.0 Å². The van der Waals surface area contributed by atoms with E-state index >= 15 is 0 Å². The molecule has 1 aromatic heterocycles. The van der Waals surface area contributed by atoms with Gasteiger partial charge in [-0.3, -0.25) is 14.6 Å². The summed E-state index contributed by atoms with van der Waals surface area (Å²) in [5, 5.41) is 8.66. The fourth-order valence-corrected chi connectivity index (χ4v) is 5.50. The molecule has 2 aromatic carbocycles. The summed E-state index contributed by atoms with van der Waals surface area (Å²) in [4.78, 5) is 35.3. The topological polar surface area (TPSA) is 95.4 Å². The normalized spacial score (nSPS) is 17.0. The predicted octanol–water partition coefficient (Wildman–Crippen LogP) is 5.74. The van der Waals surface area contributed by atoms with E-state index in [4.69, 9.17) is 14.6 Å². The average molecular weight is 683 g/mol. The van der Waals surface area contributed by atoms with Gasteiger partial charge in [-0.1, -0.05) is 12.1 Å². The van der Waals surface area contributed by atoms with Crippen molar-refractivity contribution in [1.82, 2.24) is 14.8 Å². The number of aromatic nitrogens is 1. The molecule has 1 unspecified atom stereocenters. The third kappa shape index (κ3) is 9.52. The minimum absolute atomic E-state index is 0.0657. The van der Waals surface area contributed by atoms with E-state index in [0.29, 0.717) is 58.8 Å². The number of rotatable bonds is 7. The number of piperazine rings is 1. The molecule has 1 N–H and O–H groups in total. The van der Waals surface area contributed by atoms with E-state index in [0.717, 1.165) is 54.2 Å². The maximum atomic E-state index is 13.4. The Morgan fingerprint density at radius 3 is 2.21 bits per heavy atom. The van der Waals surface area contributed by atoms with Gasteiger partial charge in [-0.05, 0) is 55.3 Å². The number of pyridine rings is 1. The second-order valence-electron chi connectivity index (χ2n) is 11.2. The zero-order valence-electron chi connectivity index (χ0n) is 26.1. The maximum absolute atomic E-state index is 13.4. The second kappa shape index (κ2) is 16.0. The molecular weight excluding hydrogens is 646 g/mol. The van der Waals surface area contributed by atoms with Crippen LogP contribution < -0.4 is 9.64 Å². The second-order valence-corrected chi connectivity index (χ2v) is 11.2. The lowest BCUT2D eigenvalue weighted by atomic mass is 9.95. The number of ether oxygens (including phenoxy) is 2. The number of halogens is 6. The number of anilines is 1. The van der Waals surface area contributed by atoms with Gasteiger partial charge in [-0.15, -0.1) is 0 Å². The van der Waals surface area contributed by atoms with Gasteiger partial charge in [0.05, 0.1) is 34.9 Å². The number of aromatic hydroxyl groups is 1. The molecule has 0 bridgehead atoms. The van der Waals surface area contributed by atoms with E-state index in [-0.39, 0.29) is 18.2 Å². The van der Waals surface area contributed by atoms with E-state index in [1.807, 2.05) is 24.3 Å². The molecular formula is C33H36F6N4O5. The van der Waals surface area contributed by atoms with Crippen LogP contribution in [0.3, 0.4) is 0 Å². The van der Waals surface area contributed by atoms with Crippen molar-refractivity contribution < 1.29 is 50.5 Å². The number of alkyl halides is 6. The number of piperidine rings is 1. The molecule has 1 atom stereocenters. The Balaban J connectivity index is 0.000000401. The Kier molecular flexibility index (Phi) is 12.1. The monoisotopic (exact) mass is 682 g/mol. The average Bonchev–Trinajstić information content (AvgIpc) is 3.08. The molecule has 0 saturated carbocycles. The van der Waals surface area contributed by atoms with Crippen molar-refractivity contribution in [2.24, 2.45) is 5.92 Å². The van der Waals surface area contributed by atoms with Gasteiger partial charge < -0.3 is 29.3 Å². The largest absolute Gasteiger partial charge is 0.508 e. The first kappa shape index (κ1) is 36.3. The smallest absolute Gasteiger partial charge is 0.417 e. The number of phenolic OH excluding ortho intramolecular Hbond substituents is 1. The zero-order chi connectivity index (χ0) is 34.9. The van der Waals surface area contributed by atoms with E-state index in [2.05, 4.69) is 9.88 Å². The minimum atomic E-state index is -4.66. The highest BCUT2D eigenvalue weighted by Gasteiger charge is 2.38. The molecule has 3 aromatic rings. The highest BCUT2D eigenvalue weighted by atomic mass is 19.4. The van der Waals surface area contributed by atoms with Crippen LogP contribution in [0.4, 0.5) is 32.0 Å². The summed E-state index contributed by atoms with van der Waals surface area (Å²) < 4.78 is 86.6. The van der Waals surface area contributed by atoms with Crippen LogP contribution in [0, 0.1) is 5.92 Å². The Morgan fingerprint density at radius 1 is 0.875 bits per heavy atom. The summed E-state index contributed by atoms with van der Waals surface area (Å²) in [6.07, 6.45) is -5.87. The highest BCUT2D eigenvalue weighted by Crippen LogP contribution is 2.34. The van der Waals surface area contributed by atoms with Crippen molar-refractivity contribution in [1.29, 1.82) is 0 Å². The van der Waals surface area contributed by atoms with Gasteiger partial charge in [0.15, 0.2) is 0 Å². The number of amides is 2. The number of hydrogen-bond acceptors (Lipinski definition) is 7. The van der Waals surface area contributed by atoms with Gasteiger partial charge in [0.25, 0.3) is 5.91 Å². The number of hydrogen-bond donors (Lipinski definition) is 1. The minimum Gasteiger partial charge on any atom is -0.508 e. The van der Waals surface area contributed by atoms with Gasteiger partial charge >= 0.3 is 12.4 Å².